The van der Waals surface area contributed by atoms with E-state index < -0.39 is 0 Å². The van der Waals surface area contributed by atoms with Gasteiger partial charge in [0.2, 0.25) is 0 Å². The van der Waals surface area contributed by atoms with Crippen LogP contribution in [0.1, 0.15) is 61.6 Å². The molecule has 30 heavy (non-hydrogen) atoms. The number of rotatable bonds is 2. The van der Waals surface area contributed by atoms with Gasteiger partial charge in [-0.15, -0.1) is 0 Å². The number of aryl methyl sites for hydroxylation is 1. The van der Waals surface area contributed by atoms with Gasteiger partial charge >= 0.3 is 0 Å². The number of phenolic OH excluding ortho intramolecular Hbond substituents is 1. The summed E-state index contributed by atoms with van der Waals surface area (Å²) in [6, 6.07) is 11.5. The first kappa shape index (κ1) is 20.1. The molecule has 3 aliphatic carbocycles. The van der Waals surface area contributed by atoms with Gasteiger partial charge in [0.05, 0.1) is 16.3 Å². The van der Waals surface area contributed by atoms with Gasteiger partial charge in [-0.25, -0.2) is 0 Å². The molecule has 1 N–H and O–H groups in total. The third-order valence-electron chi connectivity index (χ3n) is 7.81. The Bertz CT molecular complexity index is 1050. The minimum atomic E-state index is 0.130. The van der Waals surface area contributed by atoms with Crippen molar-refractivity contribution in [3.05, 3.63) is 63.1 Å². The van der Waals surface area contributed by atoms with Gasteiger partial charge in [-0.1, -0.05) is 48.3 Å². The van der Waals surface area contributed by atoms with Crippen molar-refractivity contribution in [2.75, 3.05) is 0 Å². The highest BCUT2D eigenvalue weighted by atomic mass is 35.5. The summed E-state index contributed by atoms with van der Waals surface area (Å²) in [6.07, 6.45) is 8.52. The van der Waals surface area contributed by atoms with Crippen molar-refractivity contribution in [1.29, 1.82) is 0 Å². The molecule has 0 radical (unpaired) electrons. The topological polar surface area (TPSA) is 45.0 Å². The number of hydrogen-bond donors (Lipinski definition) is 1. The largest absolute Gasteiger partial charge is 0.508 e. The van der Waals surface area contributed by atoms with E-state index in [2.05, 4.69) is 18.1 Å². The zero-order chi connectivity index (χ0) is 20.9. The van der Waals surface area contributed by atoms with E-state index in [0.29, 0.717) is 33.5 Å². The first-order valence-corrected chi connectivity index (χ1v) is 11.6. The predicted molar refractivity (Wildman–Crippen MR) is 124 cm³/mol. The molecule has 0 spiro atoms. The molecule has 0 aromatic heterocycles. The van der Waals surface area contributed by atoms with E-state index in [-0.39, 0.29) is 5.41 Å². The van der Waals surface area contributed by atoms with E-state index in [0.717, 1.165) is 24.8 Å². The molecule has 0 unspecified atom stereocenters. The molecule has 2 fully saturated rings. The van der Waals surface area contributed by atoms with Crippen molar-refractivity contribution in [3.63, 3.8) is 0 Å². The van der Waals surface area contributed by atoms with E-state index >= 15 is 0 Å². The van der Waals surface area contributed by atoms with Gasteiger partial charge in [-0.3, -0.25) is 0 Å². The van der Waals surface area contributed by atoms with Crippen molar-refractivity contribution in [2.24, 2.45) is 27.5 Å². The zero-order valence-electron chi connectivity index (χ0n) is 17.1. The molecule has 0 heterocycles. The standard InChI is InChI=1S/C25H26Cl2N2O/c1-25-12-11-19-18-8-6-17(30)13-15(18)5-7-20(19)21(25)9-10-23(25)29-28-14-16-3-2-4-22(26)24(16)27/h2-4,6,8,13-14,19-21,30H,5,7,9-12H2,1H3/b28-14-,29-23-/t19-,20+,21-,25+/m1/s1. The Morgan fingerprint density at radius 1 is 1.10 bits per heavy atom. The van der Waals surface area contributed by atoms with Crippen LogP contribution >= 0.6 is 23.2 Å². The monoisotopic (exact) mass is 440 g/mol. The highest BCUT2D eigenvalue weighted by Gasteiger charge is 2.53. The number of fused-ring (bicyclic) bond motifs is 5. The highest BCUT2D eigenvalue weighted by molar-refractivity contribution is 6.43. The normalized spacial score (nSPS) is 31.6. The Morgan fingerprint density at radius 3 is 2.83 bits per heavy atom. The van der Waals surface area contributed by atoms with Crippen molar-refractivity contribution in [1.82, 2.24) is 0 Å². The molecule has 0 bridgehead atoms. The van der Waals surface area contributed by atoms with Crippen LogP contribution in [-0.2, 0) is 6.42 Å². The molecular weight excluding hydrogens is 415 g/mol. The highest BCUT2D eigenvalue weighted by Crippen LogP contribution is 2.60. The van der Waals surface area contributed by atoms with Crippen molar-refractivity contribution < 1.29 is 5.11 Å². The Balaban J connectivity index is 1.39. The van der Waals surface area contributed by atoms with Gasteiger partial charge in [-0.2, -0.15) is 10.2 Å². The second kappa shape index (κ2) is 7.69. The maximum atomic E-state index is 9.86. The minimum Gasteiger partial charge on any atom is -0.508 e. The maximum Gasteiger partial charge on any atom is 0.115 e. The maximum absolute atomic E-state index is 9.86. The molecule has 3 aliphatic rings. The second-order valence-corrected chi connectivity index (χ2v) is 10.0. The van der Waals surface area contributed by atoms with Crippen LogP contribution < -0.4 is 0 Å². The molecule has 5 heteroatoms. The lowest BCUT2D eigenvalue weighted by Crippen LogP contribution is -2.42. The van der Waals surface area contributed by atoms with Gasteiger partial charge in [0.25, 0.3) is 0 Å². The Morgan fingerprint density at radius 2 is 1.97 bits per heavy atom. The van der Waals surface area contributed by atoms with Crippen LogP contribution in [0.25, 0.3) is 0 Å². The molecule has 0 amide bonds. The van der Waals surface area contributed by atoms with Gasteiger partial charge < -0.3 is 5.11 Å². The van der Waals surface area contributed by atoms with E-state index in [1.54, 1.807) is 12.3 Å². The van der Waals surface area contributed by atoms with Gasteiger partial charge in [0.15, 0.2) is 0 Å². The van der Waals surface area contributed by atoms with E-state index in [1.807, 2.05) is 24.3 Å². The summed E-state index contributed by atoms with van der Waals surface area (Å²) in [5, 5.41) is 20.0. The van der Waals surface area contributed by atoms with Crippen molar-refractivity contribution in [2.45, 2.75) is 51.4 Å². The molecule has 2 aromatic carbocycles. The van der Waals surface area contributed by atoms with Gasteiger partial charge in [-0.05, 0) is 85.6 Å². The number of aromatic hydroxyl groups is 1. The number of benzene rings is 2. The molecule has 0 saturated heterocycles. The third kappa shape index (κ3) is 3.27. The Hall–Kier alpha value is -1.84. The number of halogens is 2. The summed E-state index contributed by atoms with van der Waals surface area (Å²) in [4.78, 5) is 0. The third-order valence-corrected chi connectivity index (χ3v) is 8.64. The lowest BCUT2D eigenvalue weighted by atomic mass is 9.55. The number of nitrogens with zero attached hydrogens (tertiary/aromatic N) is 2. The summed E-state index contributed by atoms with van der Waals surface area (Å²) in [5.41, 5.74) is 4.96. The average Bonchev–Trinajstić information content (AvgIpc) is 3.07. The van der Waals surface area contributed by atoms with Crippen molar-refractivity contribution >= 4 is 35.1 Å². The minimum absolute atomic E-state index is 0.130. The lowest BCUT2D eigenvalue weighted by Gasteiger charge is -2.49. The lowest BCUT2D eigenvalue weighted by molar-refractivity contribution is 0.0955. The molecule has 156 valence electrons. The number of phenols is 1. The molecule has 2 saturated carbocycles. The van der Waals surface area contributed by atoms with Crippen LogP contribution in [0.4, 0.5) is 0 Å². The van der Waals surface area contributed by atoms with Crippen LogP contribution in [0.5, 0.6) is 5.75 Å². The quantitative estimate of drug-likeness (QED) is 0.395. The molecule has 5 rings (SSSR count). The summed E-state index contributed by atoms with van der Waals surface area (Å²) < 4.78 is 0. The van der Waals surface area contributed by atoms with Gasteiger partial charge in [0.1, 0.15) is 5.75 Å². The molecule has 2 aromatic rings. The Labute approximate surface area is 187 Å². The molecule has 0 aliphatic heterocycles. The fourth-order valence-corrected chi connectivity index (χ4v) is 6.66. The van der Waals surface area contributed by atoms with Crippen LogP contribution in [0.15, 0.2) is 46.6 Å². The van der Waals surface area contributed by atoms with E-state index in [9.17, 15) is 5.11 Å². The second-order valence-electron chi connectivity index (χ2n) is 9.23. The number of hydrogen-bond acceptors (Lipinski definition) is 3. The van der Waals surface area contributed by atoms with E-state index in [4.69, 9.17) is 28.3 Å². The molecule has 3 nitrogen and oxygen atoms in total. The summed E-state index contributed by atoms with van der Waals surface area (Å²) in [5.74, 6) is 2.35. The first-order chi connectivity index (χ1) is 14.5. The van der Waals surface area contributed by atoms with Crippen molar-refractivity contribution in [3.8, 4) is 5.75 Å². The summed E-state index contributed by atoms with van der Waals surface area (Å²) in [7, 11) is 0. The smallest absolute Gasteiger partial charge is 0.115 e. The zero-order valence-corrected chi connectivity index (χ0v) is 18.6. The summed E-state index contributed by atoms with van der Waals surface area (Å²) >= 11 is 12.4. The average molecular weight is 441 g/mol. The molecular formula is C25H26Cl2N2O. The molecule has 4 atom stereocenters. The Kier molecular flexibility index (Phi) is 5.15. The van der Waals surface area contributed by atoms with Crippen LogP contribution in [-0.4, -0.2) is 17.0 Å². The van der Waals surface area contributed by atoms with Crippen LogP contribution in [0.3, 0.4) is 0 Å². The van der Waals surface area contributed by atoms with Crippen LogP contribution in [0.2, 0.25) is 10.0 Å². The van der Waals surface area contributed by atoms with Crippen LogP contribution in [0, 0.1) is 17.3 Å². The predicted octanol–water partition coefficient (Wildman–Crippen LogP) is 7.03. The fraction of sp³-hybridized carbons (Fsp3) is 0.440. The fourth-order valence-electron chi connectivity index (χ4n) is 6.30. The summed E-state index contributed by atoms with van der Waals surface area (Å²) in [6.45, 7) is 2.40. The first-order valence-electron chi connectivity index (χ1n) is 10.8. The van der Waals surface area contributed by atoms with E-state index in [1.165, 1.54) is 36.1 Å². The van der Waals surface area contributed by atoms with Gasteiger partial charge in [0, 0.05) is 16.7 Å². The SMILES string of the molecule is C[C@]12CC[C@@H]3c4ccc(O)cc4CC[C@@H]3[C@H]1CC/C2=N/N=C\c1cccc(Cl)c1Cl.